The third-order valence-electron chi connectivity index (χ3n) is 4.43. The van der Waals surface area contributed by atoms with Gasteiger partial charge in [-0.15, -0.1) is 0 Å². The number of hydrogen-bond donors (Lipinski definition) is 2. The van der Waals surface area contributed by atoms with Crippen LogP contribution in [0.25, 0.3) is 0 Å². The van der Waals surface area contributed by atoms with Crippen LogP contribution in [0.3, 0.4) is 0 Å². The summed E-state index contributed by atoms with van der Waals surface area (Å²) >= 11 is 0. The molecule has 0 saturated heterocycles. The van der Waals surface area contributed by atoms with Gasteiger partial charge in [-0.1, -0.05) is 30.3 Å². The van der Waals surface area contributed by atoms with Crippen molar-refractivity contribution in [3.8, 4) is 0 Å². The second kappa shape index (κ2) is 8.01. The molecule has 5 nitrogen and oxygen atoms in total. The van der Waals surface area contributed by atoms with Crippen molar-refractivity contribution >= 4 is 11.9 Å². The van der Waals surface area contributed by atoms with Gasteiger partial charge in [0.1, 0.15) is 0 Å². The monoisotopic (exact) mass is 342 g/mol. The molecule has 2 N–H and O–H groups in total. The van der Waals surface area contributed by atoms with Crippen LogP contribution in [0.1, 0.15) is 47.2 Å². The lowest BCUT2D eigenvalue weighted by molar-refractivity contribution is -0.141. The van der Waals surface area contributed by atoms with Gasteiger partial charge in [-0.25, -0.2) is 0 Å². The average molecular weight is 342 g/mol. The van der Waals surface area contributed by atoms with Crippen LogP contribution >= 0.6 is 0 Å². The van der Waals surface area contributed by atoms with Crippen molar-refractivity contribution in [1.82, 2.24) is 9.88 Å². The summed E-state index contributed by atoms with van der Waals surface area (Å²) in [6.07, 6.45) is 0.390. The van der Waals surface area contributed by atoms with Crippen LogP contribution in [-0.4, -0.2) is 28.1 Å². The summed E-state index contributed by atoms with van der Waals surface area (Å²) in [6, 6.07) is 11.6. The first kappa shape index (κ1) is 18.8. The lowest BCUT2D eigenvalue weighted by Crippen LogP contribution is -2.34. The minimum absolute atomic E-state index is 0.106. The van der Waals surface area contributed by atoms with Gasteiger partial charge in [0.25, 0.3) is 5.91 Å². The maximum atomic E-state index is 12.5. The largest absolute Gasteiger partial charge is 0.481 e. The number of benzene rings is 1. The Morgan fingerprint density at radius 1 is 1.16 bits per heavy atom. The fraction of sp³-hybridized carbons (Fsp3) is 0.400. The van der Waals surface area contributed by atoms with E-state index in [0.717, 1.165) is 17.0 Å². The highest BCUT2D eigenvalue weighted by Crippen LogP contribution is 2.20. The zero-order valence-electron chi connectivity index (χ0n) is 15.2. The average Bonchev–Trinajstić information content (AvgIpc) is 2.86. The highest BCUT2D eigenvalue weighted by Gasteiger charge is 2.21. The summed E-state index contributed by atoms with van der Waals surface area (Å²) in [4.78, 5) is 24.0. The molecule has 1 unspecified atom stereocenters. The number of aryl methyl sites for hydroxylation is 1. The van der Waals surface area contributed by atoms with E-state index in [-0.39, 0.29) is 18.5 Å². The Balaban J connectivity index is 2.07. The minimum atomic E-state index is -0.906. The Kier molecular flexibility index (Phi) is 6.02. The molecular weight excluding hydrogens is 316 g/mol. The van der Waals surface area contributed by atoms with Gasteiger partial charge in [0, 0.05) is 24.0 Å². The SMILES string of the molecule is Cc1cc(C(=O)NCC(Cc2ccccc2)C(=O)O)c(C)n1C(C)C. The normalized spacial score (nSPS) is 12.2. The van der Waals surface area contributed by atoms with Crippen LogP contribution in [0.5, 0.6) is 0 Å². The van der Waals surface area contributed by atoms with Crippen molar-refractivity contribution in [3.63, 3.8) is 0 Å². The number of carbonyl (C=O) groups is 2. The van der Waals surface area contributed by atoms with Gasteiger partial charge in [-0.3, -0.25) is 9.59 Å². The molecule has 2 rings (SSSR count). The van der Waals surface area contributed by atoms with Gasteiger partial charge in [-0.2, -0.15) is 0 Å². The van der Waals surface area contributed by atoms with E-state index < -0.39 is 11.9 Å². The molecule has 0 bridgehead atoms. The molecule has 1 aromatic heterocycles. The lowest BCUT2D eigenvalue weighted by atomic mass is 9.99. The standard InChI is InChI=1S/C20H26N2O3/c1-13(2)22-14(3)10-18(15(22)4)19(23)21-12-17(20(24)25)11-16-8-6-5-7-9-16/h5-10,13,17H,11-12H2,1-4H3,(H,21,23)(H,24,25). The van der Waals surface area contributed by atoms with Crippen LogP contribution < -0.4 is 5.32 Å². The predicted octanol–water partition coefficient (Wildman–Crippen LogP) is 3.36. The molecule has 2 aromatic rings. The molecular formula is C20H26N2O3. The van der Waals surface area contributed by atoms with Gasteiger partial charge >= 0.3 is 5.97 Å². The molecule has 0 fully saturated rings. The van der Waals surface area contributed by atoms with Crippen LogP contribution in [0.4, 0.5) is 0 Å². The highest BCUT2D eigenvalue weighted by molar-refractivity contribution is 5.96. The smallest absolute Gasteiger partial charge is 0.308 e. The van der Waals surface area contributed by atoms with E-state index in [1.807, 2.05) is 50.2 Å². The first-order chi connectivity index (χ1) is 11.8. The van der Waals surface area contributed by atoms with Gasteiger partial charge < -0.3 is 15.0 Å². The van der Waals surface area contributed by atoms with E-state index in [4.69, 9.17) is 0 Å². The summed E-state index contributed by atoms with van der Waals surface area (Å²) in [6.45, 7) is 8.14. The molecule has 0 aliphatic heterocycles. The molecule has 1 heterocycles. The fourth-order valence-corrected chi connectivity index (χ4v) is 3.26. The third kappa shape index (κ3) is 4.50. The first-order valence-electron chi connectivity index (χ1n) is 8.54. The van der Waals surface area contributed by atoms with E-state index in [1.165, 1.54) is 0 Å². The van der Waals surface area contributed by atoms with Crippen molar-refractivity contribution in [2.75, 3.05) is 6.54 Å². The number of carboxylic acids is 1. The number of carbonyl (C=O) groups excluding carboxylic acids is 1. The van der Waals surface area contributed by atoms with Gasteiger partial charge in [-0.05, 0) is 45.7 Å². The molecule has 0 radical (unpaired) electrons. The Hall–Kier alpha value is -2.56. The zero-order valence-corrected chi connectivity index (χ0v) is 15.2. The molecule has 1 aromatic carbocycles. The Morgan fingerprint density at radius 2 is 1.80 bits per heavy atom. The van der Waals surface area contributed by atoms with Crippen molar-refractivity contribution in [2.45, 2.75) is 40.2 Å². The third-order valence-corrected chi connectivity index (χ3v) is 4.43. The molecule has 134 valence electrons. The molecule has 0 saturated carbocycles. The number of nitrogens with zero attached hydrogens (tertiary/aromatic N) is 1. The second-order valence-electron chi connectivity index (χ2n) is 6.68. The number of carboxylic acid groups (broad SMARTS) is 1. The Bertz CT molecular complexity index is 748. The number of amides is 1. The molecule has 0 spiro atoms. The van der Waals surface area contributed by atoms with Crippen molar-refractivity contribution < 1.29 is 14.7 Å². The van der Waals surface area contributed by atoms with Crippen molar-refractivity contribution in [3.05, 3.63) is 58.9 Å². The van der Waals surface area contributed by atoms with E-state index in [1.54, 1.807) is 0 Å². The quantitative estimate of drug-likeness (QED) is 0.810. The summed E-state index contributed by atoms with van der Waals surface area (Å²) in [5, 5.41) is 12.2. The Labute approximate surface area is 148 Å². The Morgan fingerprint density at radius 3 is 2.32 bits per heavy atom. The van der Waals surface area contributed by atoms with E-state index in [9.17, 15) is 14.7 Å². The summed E-state index contributed by atoms with van der Waals surface area (Å²) < 4.78 is 2.10. The van der Waals surface area contributed by atoms with Crippen LogP contribution in [0, 0.1) is 19.8 Å². The number of nitrogens with one attached hydrogen (secondary N) is 1. The number of hydrogen-bond acceptors (Lipinski definition) is 2. The van der Waals surface area contributed by atoms with Gasteiger partial charge in [0.15, 0.2) is 0 Å². The van der Waals surface area contributed by atoms with E-state index in [2.05, 4.69) is 23.7 Å². The predicted molar refractivity (Wildman–Crippen MR) is 97.9 cm³/mol. The van der Waals surface area contributed by atoms with Crippen LogP contribution in [-0.2, 0) is 11.2 Å². The van der Waals surface area contributed by atoms with Crippen LogP contribution in [0.2, 0.25) is 0 Å². The second-order valence-corrected chi connectivity index (χ2v) is 6.68. The number of aliphatic carboxylic acids is 1. The van der Waals surface area contributed by atoms with Crippen molar-refractivity contribution in [2.24, 2.45) is 5.92 Å². The van der Waals surface area contributed by atoms with Crippen LogP contribution in [0.15, 0.2) is 36.4 Å². The number of rotatable bonds is 7. The molecule has 0 aliphatic carbocycles. The highest BCUT2D eigenvalue weighted by atomic mass is 16.4. The minimum Gasteiger partial charge on any atom is -0.481 e. The summed E-state index contributed by atoms with van der Waals surface area (Å²) in [5.41, 5.74) is 3.48. The topological polar surface area (TPSA) is 71.3 Å². The fourth-order valence-electron chi connectivity index (χ4n) is 3.26. The lowest BCUT2D eigenvalue weighted by Gasteiger charge is -2.15. The summed E-state index contributed by atoms with van der Waals surface area (Å²) in [5.74, 6) is -1.78. The molecule has 0 aliphatic rings. The molecule has 5 heteroatoms. The maximum absolute atomic E-state index is 12.5. The molecule has 25 heavy (non-hydrogen) atoms. The number of aromatic nitrogens is 1. The van der Waals surface area contributed by atoms with Crippen molar-refractivity contribution in [1.29, 1.82) is 0 Å². The maximum Gasteiger partial charge on any atom is 0.308 e. The first-order valence-corrected chi connectivity index (χ1v) is 8.54. The van der Waals surface area contributed by atoms with E-state index >= 15 is 0 Å². The van der Waals surface area contributed by atoms with Gasteiger partial charge in [0.05, 0.1) is 11.5 Å². The zero-order chi connectivity index (χ0) is 18.6. The molecule has 1 atom stereocenters. The summed E-state index contributed by atoms with van der Waals surface area (Å²) in [7, 11) is 0. The van der Waals surface area contributed by atoms with Gasteiger partial charge in [0.2, 0.25) is 0 Å². The molecule has 1 amide bonds. The van der Waals surface area contributed by atoms with E-state index in [0.29, 0.717) is 12.0 Å².